The van der Waals surface area contributed by atoms with Crippen molar-refractivity contribution in [2.75, 3.05) is 13.7 Å². The molecule has 0 aliphatic heterocycles. The molecule has 0 heterocycles. The van der Waals surface area contributed by atoms with E-state index in [2.05, 4.69) is 30.0 Å². The van der Waals surface area contributed by atoms with Crippen LogP contribution in [0.3, 0.4) is 0 Å². The van der Waals surface area contributed by atoms with Gasteiger partial charge in [0.05, 0.1) is 18.7 Å². The molecule has 18 heavy (non-hydrogen) atoms. The van der Waals surface area contributed by atoms with Gasteiger partial charge in [-0.25, -0.2) is 4.79 Å². The maximum Gasteiger partial charge on any atom is 0.337 e. The summed E-state index contributed by atoms with van der Waals surface area (Å²) < 4.78 is 4.62. The number of nitrogens with zero attached hydrogens (tertiary/aromatic N) is 1. The minimum absolute atomic E-state index is 0.348. The van der Waals surface area contributed by atoms with Crippen LogP contribution in [0, 0.1) is 17.2 Å². The third kappa shape index (κ3) is 3.86. The quantitative estimate of drug-likeness (QED) is 0.810. The predicted octanol–water partition coefficient (Wildman–Crippen LogP) is 2.28. The molecule has 0 saturated heterocycles. The van der Waals surface area contributed by atoms with Crippen molar-refractivity contribution >= 4 is 5.97 Å². The number of nitriles is 1. The molecule has 4 heteroatoms. The number of hydrogen-bond acceptors (Lipinski definition) is 4. The van der Waals surface area contributed by atoms with E-state index in [1.165, 1.54) is 7.11 Å². The van der Waals surface area contributed by atoms with Gasteiger partial charge in [0.15, 0.2) is 0 Å². The van der Waals surface area contributed by atoms with Gasteiger partial charge < -0.3 is 4.74 Å². The normalized spacial score (nSPS) is 11.9. The first-order valence-corrected chi connectivity index (χ1v) is 5.89. The van der Waals surface area contributed by atoms with E-state index < -0.39 is 0 Å². The van der Waals surface area contributed by atoms with Crippen molar-refractivity contribution in [3.8, 4) is 6.07 Å². The van der Waals surface area contributed by atoms with E-state index in [0.717, 1.165) is 12.1 Å². The van der Waals surface area contributed by atoms with Crippen molar-refractivity contribution in [3.05, 3.63) is 35.4 Å². The third-order valence-corrected chi connectivity index (χ3v) is 2.52. The second-order valence-electron chi connectivity index (χ2n) is 4.48. The number of ether oxygens (including phenoxy) is 1. The van der Waals surface area contributed by atoms with Crippen LogP contribution in [0.5, 0.6) is 0 Å². The second kappa shape index (κ2) is 6.77. The van der Waals surface area contributed by atoms with Gasteiger partial charge in [0.25, 0.3) is 0 Å². The SMILES string of the molecule is COC(=O)c1ccc(C(C#N)NCC(C)C)cc1. The molecule has 0 bridgehead atoms. The largest absolute Gasteiger partial charge is 0.465 e. The van der Waals surface area contributed by atoms with Crippen LogP contribution < -0.4 is 5.32 Å². The summed E-state index contributed by atoms with van der Waals surface area (Å²) in [5.74, 6) is 0.111. The van der Waals surface area contributed by atoms with Crippen LogP contribution in [0.4, 0.5) is 0 Å². The fourth-order valence-corrected chi connectivity index (χ4v) is 1.52. The summed E-state index contributed by atoms with van der Waals surface area (Å²) in [4.78, 5) is 11.3. The lowest BCUT2D eigenvalue weighted by molar-refractivity contribution is 0.0600. The molecule has 1 aromatic rings. The Labute approximate surface area is 108 Å². The Morgan fingerprint density at radius 3 is 2.44 bits per heavy atom. The fourth-order valence-electron chi connectivity index (χ4n) is 1.52. The van der Waals surface area contributed by atoms with E-state index >= 15 is 0 Å². The van der Waals surface area contributed by atoms with Crippen LogP contribution >= 0.6 is 0 Å². The summed E-state index contributed by atoms with van der Waals surface area (Å²) >= 11 is 0. The first-order chi connectivity index (χ1) is 8.58. The molecular weight excluding hydrogens is 228 g/mol. The van der Waals surface area contributed by atoms with Crippen molar-refractivity contribution in [1.29, 1.82) is 5.26 Å². The maximum absolute atomic E-state index is 11.3. The Balaban J connectivity index is 2.76. The van der Waals surface area contributed by atoms with E-state index in [1.54, 1.807) is 24.3 Å². The van der Waals surface area contributed by atoms with Gasteiger partial charge in [0.1, 0.15) is 6.04 Å². The highest BCUT2D eigenvalue weighted by Crippen LogP contribution is 2.14. The minimum atomic E-state index is -0.370. The Bertz CT molecular complexity index is 432. The van der Waals surface area contributed by atoms with Gasteiger partial charge in [-0.05, 0) is 30.2 Å². The molecule has 0 spiro atoms. The van der Waals surface area contributed by atoms with E-state index in [4.69, 9.17) is 5.26 Å². The first kappa shape index (κ1) is 14.2. The van der Waals surface area contributed by atoms with Gasteiger partial charge >= 0.3 is 5.97 Å². The van der Waals surface area contributed by atoms with Crippen LogP contribution in [-0.2, 0) is 4.74 Å². The zero-order valence-electron chi connectivity index (χ0n) is 10.9. The van der Waals surface area contributed by atoms with E-state index in [9.17, 15) is 4.79 Å². The van der Waals surface area contributed by atoms with Crippen LogP contribution in [0.1, 0.15) is 35.8 Å². The van der Waals surface area contributed by atoms with Crippen molar-refractivity contribution in [2.24, 2.45) is 5.92 Å². The van der Waals surface area contributed by atoms with Gasteiger partial charge in [0, 0.05) is 0 Å². The van der Waals surface area contributed by atoms with Crippen molar-refractivity contribution in [3.63, 3.8) is 0 Å². The zero-order chi connectivity index (χ0) is 13.5. The highest BCUT2D eigenvalue weighted by molar-refractivity contribution is 5.89. The molecular formula is C14H18N2O2. The number of esters is 1. The number of carbonyl (C=O) groups excluding carboxylic acids is 1. The molecule has 4 nitrogen and oxygen atoms in total. The van der Waals surface area contributed by atoms with Crippen LogP contribution in [0.2, 0.25) is 0 Å². The molecule has 1 rings (SSSR count). The molecule has 1 aromatic carbocycles. The number of benzene rings is 1. The maximum atomic E-state index is 11.3. The van der Waals surface area contributed by atoms with Gasteiger partial charge in [0.2, 0.25) is 0 Å². The summed E-state index contributed by atoms with van der Waals surface area (Å²) in [6.07, 6.45) is 0. The molecule has 96 valence electrons. The summed E-state index contributed by atoms with van der Waals surface area (Å²) in [7, 11) is 1.35. The number of carbonyl (C=O) groups is 1. The average molecular weight is 246 g/mol. The van der Waals surface area contributed by atoms with Gasteiger partial charge in [-0.1, -0.05) is 26.0 Å². The number of hydrogen-bond donors (Lipinski definition) is 1. The first-order valence-electron chi connectivity index (χ1n) is 5.89. The second-order valence-corrected chi connectivity index (χ2v) is 4.48. The number of methoxy groups -OCH3 is 1. The van der Waals surface area contributed by atoms with Gasteiger partial charge in [-0.2, -0.15) is 5.26 Å². The Morgan fingerprint density at radius 1 is 1.39 bits per heavy atom. The van der Waals surface area contributed by atoms with Gasteiger partial charge in [-0.15, -0.1) is 0 Å². The van der Waals surface area contributed by atoms with Gasteiger partial charge in [-0.3, -0.25) is 5.32 Å². The molecule has 1 unspecified atom stereocenters. The molecule has 0 amide bonds. The summed E-state index contributed by atoms with van der Waals surface area (Å²) in [6, 6.07) is 8.74. The molecule has 0 saturated carbocycles. The lowest BCUT2D eigenvalue weighted by atomic mass is 10.1. The molecule has 0 aliphatic carbocycles. The van der Waals surface area contributed by atoms with Crippen molar-refractivity contribution in [1.82, 2.24) is 5.32 Å². The van der Waals surface area contributed by atoms with Crippen LogP contribution in [-0.4, -0.2) is 19.6 Å². The molecule has 0 radical (unpaired) electrons. The monoisotopic (exact) mass is 246 g/mol. The highest BCUT2D eigenvalue weighted by Gasteiger charge is 2.11. The van der Waals surface area contributed by atoms with E-state index in [0.29, 0.717) is 11.5 Å². The topological polar surface area (TPSA) is 62.1 Å². The van der Waals surface area contributed by atoms with E-state index in [1.807, 2.05) is 0 Å². The van der Waals surface area contributed by atoms with Crippen LogP contribution in [0.15, 0.2) is 24.3 Å². The third-order valence-electron chi connectivity index (χ3n) is 2.52. The summed E-state index contributed by atoms with van der Waals surface area (Å²) in [5, 5.41) is 12.3. The standard InChI is InChI=1S/C14H18N2O2/c1-10(2)9-16-13(8-15)11-4-6-12(7-5-11)14(17)18-3/h4-7,10,13,16H,9H2,1-3H3. The number of rotatable bonds is 5. The molecule has 0 fully saturated rings. The molecule has 0 aliphatic rings. The van der Waals surface area contributed by atoms with Crippen molar-refractivity contribution < 1.29 is 9.53 Å². The predicted molar refractivity (Wildman–Crippen MR) is 69.0 cm³/mol. The zero-order valence-corrected chi connectivity index (χ0v) is 10.9. The highest BCUT2D eigenvalue weighted by atomic mass is 16.5. The fraction of sp³-hybridized carbons (Fsp3) is 0.429. The molecule has 1 atom stereocenters. The molecule has 1 N–H and O–H groups in total. The van der Waals surface area contributed by atoms with Crippen molar-refractivity contribution in [2.45, 2.75) is 19.9 Å². The lowest BCUT2D eigenvalue weighted by Gasteiger charge is -2.13. The lowest BCUT2D eigenvalue weighted by Crippen LogP contribution is -2.24. The Morgan fingerprint density at radius 2 is 2.00 bits per heavy atom. The molecule has 0 aromatic heterocycles. The Hall–Kier alpha value is -1.86. The Kier molecular flexibility index (Phi) is 5.34. The smallest absolute Gasteiger partial charge is 0.337 e. The average Bonchev–Trinajstić information content (AvgIpc) is 2.39. The van der Waals surface area contributed by atoms with Crippen LogP contribution in [0.25, 0.3) is 0 Å². The van der Waals surface area contributed by atoms with E-state index in [-0.39, 0.29) is 12.0 Å². The minimum Gasteiger partial charge on any atom is -0.465 e. The summed E-state index contributed by atoms with van der Waals surface area (Å²) in [6.45, 7) is 4.94. The number of nitrogens with one attached hydrogen (secondary N) is 1. The summed E-state index contributed by atoms with van der Waals surface area (Å²) in [5.41, 5.74) is 1.34.